The zero-order valence-electron chi connectivity index (χ0n) is 9.68. The first-order chi connectivity index (χ1) is 8.19. The Kier molecular flexibility index (Phi) is 3.09. The van der Waals surface area contributed by atoms with E-state index in [1.54, 1.807) is 19.2 Å². The van der Waals surface area contributed by atoms with Gasteiger partial charge in [-0.1, -0.05) is 6.07 Å². The minimum absolute atomic E-state index is 0.355. The van der Waals surface area contributed by atoms with Gasteiger partial charge in [0.15, 0.2) is 11.5 Å². The fraction of sp³-hybridized carbons (Fsp3) is 0.167. The van der Waals surface area contributed by atoms with Crippen LogP contribution in [0.25, 0.3) is 0 Å². The van der Waals surface area contributed by atoms with Crippen molar-refractivity contribution in [2.45, 2.75) is 6.92 Å². The van der Waals surface area contributed by atoms with Gasteiger partial charge in [0.05, 0.1) is 7.11 Å². The molecule has 0 atom stereocenters. The van der Waals surface area contributed by atoms with Crippen LogP contribution in [0.5, 0.6) is 17.4 Å². The van der Waals surface area contributed by atoms with Crippen LogP contribution in [0.2, 0.25) is 0 Å². The minimum Gasteiger partial charge on any atom is -0.493 e. The summed E-state index contributed by atoms with van der Waals surface area (Å²) in [7, 11) is 1.59. The summed E-state index contributed by atoms with van der Waals surface area (Å²) in [5, 5.41) is 7.53. The Labute approximate surface area is 99.2 Å². The van der Waals surface area contributed by atoms with Crippen LogP contribution in [-0.4, -0.2) is 17.3 Å². The van der Waals surface area contributed by atoms with Gasteiger partial charge in [-0.2, -0.15) is 0 Å². The number of rotatable bonds is 3. The summed E-state index contributed by atoms with van der Waals surface area (Å²) in [6.07, 6.45) is 0. The quantitative estimate of drug-likeness (QED) is 0.876. The summed E-state index contributed by atoms with van der Waals surface area (Å²) in [6.45, 7) is 1.98. The van der Waals surface area contributed by atoms with Crippen LogP contribution in [0.1, 0.15) is 5.56 Å². The molecule has 88 valence electrons. The highest BCUT2D eigenvalue weighted by molar-refractivity contribution is 5.44. The smallest absolute Gasteiger partial charge is 0.239 e. The van der Waals surface area contributed by atoms with Crippen molar-refractivity contribution in [1.82, 2.24) is 10.2 Å². The van der Waals surface area contributed by atoms with Crippen LogP contribution >= 0.6 is 0 Å². The van der Waals surface area contributed by atoms with E-state index in [4.69, 9.17) is 15.2 Å². The molecular weight excluding hydrogens is 218 g/mol. The molecule has 0 saturated carbocycles. The molecule has 0 bridgehead atoms. The first-order valence-corrected chi connectivity index (χ1v) is 5.11. The SMILES string of the molecule is COc1cc(C)ccc1Oc1ccc(N)nn1. The second kappa shape index (κ2) is 4.69. The van der Waals surface area contributed by atoms with Crippen LogP contribution in [0.3, 0.4) is 0 Å². The van der Waals surface area contributed by atoms with Crippen molar-refractivity contribution in [1.29, 1.82) is 0 Å². The Morgan fingerprint density at radius 1 is 1.06 bits per heavy atom. The zero-order valence-corrected chi connectivity index (χ0v) is 9.68. The van der Waals surface area contributed by atoms with Gasteiger partial charge in [-0.15, -0.1) is 10.2 Å². The first kappa shape index (κ1) is 11.2. The van der Waals surface area contributed by atoms with Crippen molar-refractivity contribution in [2.24, 2.45) is 0 Å². The van der Waals surface area contributed by atoms with Crippen molar-refractivity contribution in [3.05, 3.63) is 35.9 Å². The molecule has 1 aromatic carbocycles. The van der Waals surface area contributed by atoms with Gasteiger partial charge in [-0.25, -0.2) is 0 Å². The largest absolute Gasteiger partial charge is 0.493 e. The van der Waals surface area contributed by atoms with E-state index in [1.165, 1.54) is 0 Å². The lowest BCUT2D eigenvalue weighted by Gasteiger charge is -2.09. The highest BCUT2D eigenvalue weighted by Crippen LogP contribution is 2.31. The maximum atomic E-state index is 5.56. The van der Waals surface area contributed by atoms with Crippen LogP contribution in [-0.2, 0) is 0 Å². The molecule has 17 heavy (non-hydrogen) atoms. The Hall–Kier alpha value is -2.30. The van der Waals surface area contributed by atoms with Crippen molar-refractivity contribution in [3.63, 3.8) is 0 Å². The number of nitrogens with two attached hydrogens (primary N) is 1. The van der Waals surface area contributed by atoms with Crippen molar-refractivity contribution in [2.75, 3.05) is 12.8 Å². The van der Waals surface area contributed by atoms with Crippen LogP contribution in [0.15, 0.2) is 30.3 Å². The molecule has 5 heteroatoms. The Balaban J connectivity index is 2.26. The van der Waals surface area contributed by atoms with Gasteiger partial charge in [-0.05, 0) is 30.7 Å². The number of aromatic nitrogens is 2. The van der Waals surface area contributed by atoms with Gasteiger partial charge in [0.2, 0.25) is 5.88 Å². The molecule has 0 fully saturated rings. The maximum Gasteiger partial charge on any atom is 0.239 e. The lowest BCUT2D eigenvalue weighted by Crippen LogP contribution is -1.96. The van der Waals surface area contributed by atoms with Crippen LogP contribution in [0, 0.1) is 6.92 Å². The average molecular weight is 231 g/mol. The minimum atomic E-state index is 0.355. The number of ether oxygens (including phenoxy) is 2. The third kappa shape index (κ3) is 2.63. The number of hydrogen-bond donors (Lipinski definition) is 1. The predicted octanol–water partition coefficient (Wildman–Crippen LogP) is 2.17. The van der Waals surface area contributed by atoms with Crippen LogP contribution in [0.4, 0.5) is 5.82 Å². The molecule has 0 unspecified atom stereocenters. The molecule has 2 rings (SSSR count). The number of anilines is 1. The normalized spacial score (nSPS) is 10.0. The molecule has 0 aliphatic rings. The topological polar surface area (TPSA) is 70.3 Å². The second-order valence-electron chi connectivity index (χ2n) is 3.55. The van der Waals surface area contributed by atoms with E-state index in [1.807, 2.05) is 25.1 Å². The van der Waals surface area contributed by atoms with Gasteiger partial charge in [-0.3, -0.25) is 0 Å². The third-order valence-corrected chi connectivity index (χ3v) is 2.19. The van der Waals surface area contributed by atoms with E-state index in [9.17, 15) is 0 Å². The molecule has 0 amide bonds. The summed E-state index contributed by atoms with van der Waals surface area (Å²) in [5.41, 5.74) is 6.54. The Bertz CT molecular complexity index is 512. The zero-order chi connectivity index (χ0) is 12.3. The molecule has 0 saturated heterocycles. The number of benzene rings is 1. The maximum absolute atomic E-state index is 5.56. The summed E-state index contributed by atoms with van der Waals surface area (Å²) in [6, 6.07) is 8.93. The van der Waals surface area contributed by atoms with Gasteiger partial charge in [0.25, 0.3) is 0 Å². The molecular formula is C12H13N3O2. The van der Waals surface area contributed by atoms with Gasteiger partial charge < -0.3 is 15.2 Å². The molecule has 1 aromatic heterocycles. The lowest BCUT2D eigenvalue weighted by atomic mass is 10.2. The molecule has 1 heterocycles. The lowest BCUT2D eigenvalue weighted by molar-refractivity contribution is 0.372. The third-order valence-electron chi connectivity index (χ3n) is 2.19. The monoisotopic (exact) mass is 231 g/mol. The molecule has 2 aromatic rings. The van der Waals surface area contributed by atoms with E-state index >= 15 is 0 Å². The number of methoxy groups -OCH3 is 1. The average Bonchev–Trinajstić information content (AvgIpc) is 2.34. The van der Waals surface area contributed by atoms with Crippen molar-refractivity contribution < 1.29 is 9.47 Å². The summed E-state index contributed by atoms with van der Waals surface area (Å²) >= 11 is 0. The number of nitrogen functional groups attached to an aromatic ring is 1. The fourth-order valence-electron chi connectivity index (χ4n) is 1.36. The number of hydrogen-bond acceptors (Lipinski definition) is 5. The van der Waals surface area contributed by atoms with E-state index < -0.39 is 0 Å². The van der Waals surface area contributed by atoms with Gasteiger partial charge in [0.1, 0.15) is 5.82 Å². The van der Waals surface area contributed by atoms with E-state index in [2.05, 4.69) is 10.2 Å². The molecule has 0 aliphatic heterocycles. The van der Waals surface area contributed by atoms with E-state index in [0.29, 0.717) is 23.2 Å². The molecule has 5 nitrogen and oxygen atoms in total. The van der Waals surface area contributed by atoms with Crippen molar-refractivity contribution >= 4 is 5.82 Å². The molecule has 0 spiro atoms. The summed E-state index contributed by atoms with van der Waals surface area (Å²) in [5.74, 6) is 1.98. The van der Waals surface area contributed by atoms with E-state index in [-0.39, 0.29) is 0 Å². The highest BCUT2D eigenvalue weighted by Gasteiger charge is 2.06. The molecule has 0 aliphatic carbocycles. The summed E-state index contributed by atoms with van der Waals surface area (Å²) < 4.78 is 10.8. The van der Waals surface area contributed by atoms with Gasteiger partial charge >= 0.3 is 0 Å². The Morgan fingerprint density at radius 3 is 2.53 bits per heavy atom. The Morgan fingerprint density at radius 2 is 1.88 bits per heavy atom. The van der Waals surface area contributed by atoms with Gasteiger partial charge in [0, 0.05) is 6.07 Å². The standard InChI is InChI=1S/C12H13N3O2/c1-8-3-4-9(10(7-8)16-2)17-12-6-5-11(13)14-15-12/h3-7H,1-2H3,(H2,13,14). The first-order valence-electron chi connectivity index (χ1n) is 5.11. The number of nitrogens with zero attached hydrogens (tertiary/aromatic N) is 2. The molecule has 2 N–H and O–H groups in total. The van der Waals surface area contributed by atoms with Crippen LogP contribution < -0.4 is 15.2 Å². The number of aryl methyl sites for hydroxylation is 1. The second-order valence-corrected chi connectivity index (χ2v) is 3.55. The fourth-order valence-corrected chi connectivity index (χ4v) is 1.36. The summed E-state index contributed by atoms with van der Waals surface area (Å²) in [4.78, 5) is 0. The van der Waals surface area contributed by atoms with Crippen molar-refractivity contribution in [3.8, 4) is 17.4 Å². The predicted molar refractivity (Wildman–Crippen MR) is 64.2 cm³/mol. The van der Waals surface area contributed by atoms with E-state index in [0.717, 1.165) is 5.56 Å². The molecule has 0 radical (unpaired) electrons. The highest BCUT2D eigenvalue weighted by atomic mass is 16.5.